The standard InChI is InChI=1S/C14H15N3/c1-9-13(12-4-2-3-7-15-12)16-14-10-5-6-11(8-10)17(9)14/h2-4,7,10-11H,5-6,8H2,1H3. The molecule has 2 unspecified atom stereocenters. The zero-order chi connectivity index (χ0) is 11.4. The summed E-state index contributed by atoms with van der Waals surface area (Å²) in [7, 11) is 0. The monoisotopic (exact) mass is 225 g/mol. The van der Waals surface area contributed by atoms with Crippen LogP contribution in [0.2, 0.25) is 0 Å². The molecule has 4 rings (SSSR count). The molecule has 1 saturated carbocycles. The number of hydrogen-bond donors (Lipinski definition) is 0. The summed E-state index contributed by atoms with van der Waals surface area (Å²) in [5.74, 6) is 2.01. The molecular weight excluding hydrogens is 210 g/mol. The van der Waals surface area contributed by atoms with Crippen molar-refractivity contribution in [2.45, 2.75) is 38.1 Å². The predicted octanol–water partition coefficient (Wildman–Crippen LogP) is 3.08. The summed E-state index contributed by atoms with van der Waals surface area (Å²) < 4.78 is 2.46. The molecule has 2 aromatic rings. The molecule has 3 heterocycles. The van der Waals surface area contributed by atoms with Crippen molar-refractivity contribution in [1.82, 2.24) is 14.5 Å². The normalized spacial score (nSPS) is 25.2. The number of rotatable bonds is 1. The van der Waals surface area contributed by atoms with Crippen LogP contribution in [-0.2, 0) is 0 Å². The highest BCUT2D eigenvalue weighted by molar-refractivity contribution is 5.58. The van der Waals surface area contributed by atoms with Gasteiger partial charge in [-0.25, -0.2) is 4.98 Å². The van der Waals surface area contributed by atoms with Crippen LogP contribution in [0, 0.1) is 6.92 Å². The van der Waals surface area contributed by atoms with E-state index in [2.05, 4.69) is 16.5 Å². The Kier molecular flexibility index (Phi) is 1.76. The van der Waals surface area contributed by atoms with Gasteiger partial charge >= 0.3 is 0 Å². The van der Waals surface area contributed by atoms with Crippen LogP contribution in [-0.4, -0.2) is 14.5 Å². The van der Waals surface area contributed by atoms with Crippen LogP contribution in [0.3, 0.4) is 0 Å². The van der Waals surface area contributed by atoms with E-state index < -0.39 is 0 Å². The second-order valence-corrected chi connectivity index (χ2v) is 5.15. The molecule has 0 amide bonds. The molecule has 0 N–H and O–H groups in total. The lowest BCUT2D eigenvalue weighted by Gasteiger charge is -2.14. The van der Waals surface area contributed by atoms with Gasteiger partial charge in [0.2, 0.25) is 0 Å². The lowest BCUT2D eigenvalue weighted by atomic mass is 10.1. The van der Waals surface area contributed by atoms with Crippen molar-refractivity contribution < 1.29 is 0 Å². The molecule has 0 radical (unpaired) electrons. The summed E-state index contributed by atoms with van der Waals surface area (Å²) in [6.45, 7) is 2.18. The number of hydrogen-bond acceptors (Lipinski definition) is 2. The number of aromatic nitrogens is 3. The van der Waals surface area contributed by atoms with Gasteiger partial charge in [0, 0.05) is 23.9 Å². The van der Waals surface area contributed by atoms with Gasteiger partial charge in [-0.15, -0.1) is 0 Å². The molecule has 17 heavy (non-hydrogen) atoms. The predicted molar refractivity (Wildman–Crippen MR) is 65.8 cm³/mol. The SMILES string of the molecule is Cc1c(-c2ccccn2)nc2n1C1CCC2C1. The van der Waals surface area contributed by atoms with Crippen molar-refractivity contribution in [3.63, 3.8) is 0 Å². The first-order valence-corrected chi connectivity index (χ1v) is 6.34. The Morgan fingerprint density at radius 2 is 2.24 bits per heavy atom. The van der Waals surface area contributed by atoms with E-state index >= 15 is 0 Å². The number of pyridine rings is 1. The van der Waals surface area contributed by atoms with Crippen molar-refractivity contribution in [2.24, 2.45) is 0 Å². The maximum Gasteiger partial charge on any atom is 0.113 e. The summed E-state index contributed by atoms with van der Waals surface area (Å²) in [6, 6.07) is 6.74. The minimum Gasteiger partial charge on any atom is -0.328 e. The van der Waals surface area contributed by atoms with Gasteiger partial charge in [0.05, 0.1) is 5.69 Å². The van der Waals surface area contributed by atoms with Gasteiger partial charge in [0.15, 0.2) is 0 Å². The minimum atomic E-state index is 0.705. The highest BCUT2D eigenvalue weighted by Crippen LogP contribution is 2.50. The first-order valence-electron chi connectivity index (χ1n) is 6.34. The van der Waals surface area contributed by atoms with Crippen molar-refractivity contribution in [3.8, 4) is 11.4 Å². The van der Waals surface area contributed by atoms with Crippen LogP contribution in [0.1, 0.15) is 42.7 Å². The fourth-order valence-electron chi connectivity index (χ4n) is 3.46. The van der Waals surface area contributed by atoms with Crippen molar-refractivity contribution in [2.75, 3.05) is 0 Å². The van der Waals surface area contributed by atoms with Crippen LogP contribution in [0.4, 0.5) is 0 Å². The van der Waals surface area contributed by atoms with Crippen molar-refractivity contribution in [3.05, 3.63) is 35.9 Å². The molecule has 2 aliphatic rings. The maximum absolute atomic E-state index is 4.84. The average Bonchev–Trinajstić information content (AvgIpc) is 3.03. The van der Waals surface area contributed by atoms with Gasteiger partial charge in [0.25, 0.3) is 0 Å². The van der Waals surface area contributed by atoms with Crippen LogP contribution in [0.15, 0.2) is 24.4 Å². The Labute approximate surface area is 101 Å². The van der Waals surface area contributed by atoms with Crippen molar-refractivity contribution >= 4 is 0 Å². The van der Waals surface area contributed by atoms with E-state index in [4.69, 9.17) is 4.98 Å². The smallest absolute Gasteiger partial charge is 0.113 e. The van der Waals surface area contributed by atoms with E-state index in [1.165, 1.54) is 30.8 Å². The zero-order valence-electron chi connectivity index (χ0n) is 9.93. The van der Waals surface area contributed by atoms with Crippen molar-refractivity contribution in [1.29, 1.82) is 0 Å². The molecular formula is C14H15N3. The Balaban J connectivity index is 1.90. The minimum absolute atomic E-state index is 0.705. The van der Waals surface area contributed by atoms with E-state index in [1.54, 1.807) is 0 Å². The van der Waals surface area contributed by atoms with Gasteiger partial charge in [-0.3, -0.25) is 4.98 Å². The molecule has 1 aliphatic carbocycles. The molecule has 2 aromatic heterocycles. The quantitative estimate of drug-likeness (QED) is 0.746. The molecule has 2 bridgehead atoms. The van der Waals surface area contributed by atoms with Crippen LogP contribution in [0.5, 0.6) is 0 Å². The molecule has 3 nitrogen and oxygen atoms in total. The zero-order valence-corrected chi connectivity index (χ0v) is 9.93. The number of nitrogens with zero attached hydrogens (tertiary/aromatic N) is 3. The Hall–Kier alpha value is -1.64. The number of imidazole rings is 1. The van der Waals surface area contributed by atoms with E-state index in [9.17, 15) is 0 Å². The Morgan fingerprint density at radius 3 is 3.00 bits per heavy atom. The van der Waals surface area contributed by atoms with E-state index in [1.807, 2.05) is 24.4 Å². The first-order chi connectivity index (χ1) is 8.34. The Bertz CT molecular complexity index is 571. The van der Waals surface area contributed by atoms with E-state index in [-0.39, 0.29) is 0 Å². The second kappa shape index (κ2) is 3.19. The van der Waals surface area contributed by atoms with E-state index in [0.29, 0.717) is 12.0 Å². The van der Waals surface area contributed by atoms with Gasteiger partial charge in [0.1, 0.15) is 11.5 Å². The van der Waals surface area contributed by atoms with Crippen LogP contribution >= 0.6 is 0 Å². The molecule has 2 atom stereocenters. The van der Waals surface area contributed by atoms with Gasteiger partial charge < -0.3 is 4.57 Å². The third-order valence-corrected chi connectivity index (χ3v) is 4.22. The van der Waals surface area contributed by atoms with Gasteiger partial charge in [-0.2, -0.15) is 0 Å². The summed E-state index contributed by atoms with van der Waals surface area (Å²) in [6.07, 6.45) is 5.80. The summed E-state index contributed by atoms with van der Waals surface area (Å²) in [5.41, 5.74) is 3.38. The highest BCUT2D eigenvalue weighted by atomic mass is 15.2. The topological polar surface area (TPSA) is 30.7 Å². The maximum atomic E-state index is 4.84. The lowest BCUT2D eigenvalue weighted by Crippen LogP contribution is -2.07. The molecule has 0 aromatic carbocycles. The molecule has 1 aliphatic heterocycles. The molecule has 0 spiro atoms. The van der Waals surface area contributed by atoms with E-state index in [0.717, 1.165) is 11.4 Å². The fourth-order valence-corrected chi connectivity index (χ4v) is 3.46. The third-order valence-electron chi connectivity index (χ3n) is 4.22. The summed E-state index contributed by atoms with van der Waals surface area (Å²) >= 11 is 0. The Morgan fingerprint density at radius 1 is 1.29 bits per heavy atom. The fraction of sp³-hybridized carbons (Fsp3) is 0.429. The molecule has 1 fully saturated rings. The lowest BCUT2D eigenvalue weighted by molar-refractivity contribution is 0.516. The largest absolute Gasteiger partial charge is 0.328 e. The molecule has 3 heteroatoms. The third kappa shape index (κ3) is 1.17. The highest BCUT2D eigenvalue weighted by Gasteiger charge is 2.40. The van der Waals surface area contributed by atoms with Gasteiger partial charge in [-0.05, 0) is 38.3 Å². The number of fused-ring (bicyclic) bond motifs is 5. The van der Waals surface area contributed by atoms with Crippen LogP contribution < -0.4 is 0 Å². The first kappa shape index (κ1) is 9.40. The summed E-state index contributed by atoms with van der Waals surface area (Å²) in [5, 5.41) is 0. The molecule has 86 valence electrons. The molecule has 0 saturated heterocycles. The second-order valence-electron chi connectivity index (χ2n) is 5.15. The summed E-state index contributed by atoms with van der Waals surface area (Å²) in [4.78, 5) is 9.26. The van der Waals surface area contributed by atoms with Gasteiger partial charge in [-0.1, -0.05) is 6.07 Å². The van der Waals surface area contributed by atoms with Crippen LogP contribution in [0.25, 0.3) is 11.4 Å². The average molecular weight is 225 g/mol.